The van der Waals surface area contributed by atoms with Gasteiger partial charge in [0.15, 0.2) is 5.78 Å². The molecule has 0 unspecified atom stereocenters. The maximum absolute atomic E-state index is 13.6. The Hall–Kier alpha value is -2.49. The van der Waals surface area contributed by atoms with Gasteiger partial charge in [-0.2, -0.15) is 0 Å². The second kappa shape index (κ2) is 4.89. The molecule has 0 bridgehead atoms. The molecule has 0 radical (unpaired) electrons. The number of aromatic nitrogens is 1. The van der Waals surface area contributed by atoms with Gasteiger partial charge in [0.2, 0.25) is 0 Å². The smallest absolute Gasteiger partial charge is 0.188 e. The molecule has 1 aromatic heterocycles. The van der Waals surface area contributed by atoms with Crippen molar-refractivity contribution in [2.24, 2.45) is 0 Å². The first-order valence-electron chi connectivity index (χ1n) is 6.18. The number of ketones is 1. The van der Waals surface area contributed by atoms with Gasteiger partial charge < -0.3 is 4.57 Å². The van der Waals surface area contributed by atoms with E-state index in [1.165, 1.54) is 6.07 Å². The molecule has 2 nitrogen and oxygen atoms in total. The second-order valence-electron chi connectivity index (χ2n) is 4.52. The van der Waals surface area contributed by atoms with E-state index < -0.39 is 23.0 Å². The second-order valence-corrected chi connectivity index (χ2v) is 4.52. The average Bonchev–Trinajstić information content (AvgIpc) is 2.82. The lowest BCUT2D eigenvalue weighted by atomic mass is 10.1. The molecule has 20 heavy (non-hydrogen) atoms. The highest BCUT2D eigenvalue weighted by atomic mass is 19.1. The Labute approximate surface area is 114 Å². The molecule has 0 atom stereocenters. The summed E-state index contributed by atoms with van der Waals surface area (Å²) in [6.07, 6.45) is 1.74. The van der Waals surface area contributed by atoms with E-state index in [1.807, 2.05) is 30.3 Å². The Kier molecular flexibility index (Phi) is 3.06. The molecule has 0 fully saturated rings. The molecule has 0 N–H and O–H groups in total. The first-order chi connectivity index (χ1) is 9.66. The Bertz CT molecular complexity index is 772. The normalized spacial score (nSPS) is 10.9. The van der Waals surface area contributed by atoms with Gasteiger partial charge in [-0.05, 0) is 29.7 Å². The lowest BCUT2D eigenvalue weighted by Crippen LogP contribution is -2.13. The summed E-state index contributed by atoms with van der Waals surface area (Å²) in [6.45, 7) is -0.0919. The molecule has 0 saturated heterocycles. The van der Waals surface area contributed by atoms with Crippen LogP contribution in [0.1, 0.15) is 10.4 Å². The van der Waals surface area contributed by atoms with E-state index in [0.29, 0.717) is 0 Å². The van der Waals surface area contributed by atoms with Gasteiger partial charge >= 0.3 is 0 Å². The van der Waals surface area contributed by atoms with E-state index >= 15 is 0 Å². The molecule has 0 aliphatic carbocycles. The number of halogens is 2. The zero-order valence-electron chi connectivity index (χ0n) is 10.5. The fourth-order valence-electron chi connectivity index (χ4n) is 2.28. The van der Waals surface area contributed by atoms with Gasteiger partial charge in [0.25, 0.3) is 0 Å². The summed E-state index contributed by atoms with van der Waals surface area (Å²) in [7, 11) is 0. The highest BCUT2D eigenvalue weighted by molar-refractivity contribution is 5.97. The van der Waals surface area contributed by atoms with Crippen LogP contribution in [0.4, 0.5) is 8.78 Å². The Morgan fingerprint density at radius 2 is 1.65 bits per heavy atom. The maximum Gasteiger partial charge on any atom is 0.188 e. The minimum absolute atomic E-state index is 0.0919. The lowest BCUT2D eigenvalue weighted by molar-refractivity contribution is 0.0965. The summed E-state index contributed by atoms with van der Waals surface area (Å²) in [5.41, 5.74) is 0.378. The first kappa shape index (κ1) is 12.5. The summed E-state index contributed by atoms with van der Waals surface area (Å²) < 4.78 is 28.8. The third-order valence-corrected chi connectivity index (χ3v) is 3.24. The van der Waals surface area contributed by atoms with Crippen molar-refractivity contribution < 1.29 is 13.6 Å². The highest BCUT2D eigenvalue weighted by Gasteiger charge is 2.17. The van der Waals surface area contributed by atoms with Crippen molar-refractivity contribution in [3.63, 3.8) is 0 Å². The molecule has 4 heteroatoms. The fourth-order valence-corrected chi connectivity index (χ4v) is 2.28. The predicted octanol–water partition coefficient (Wildman–Crippen LogP) is 3.80. The van der Waals surface area contributed by atoms with Gasteiger partial charge in [0.05, 0.1) is 12.1 Å². The van der Waals surface area contributed by atoms with Crippen LogP contribution in [0.3, 0.4) is 0 Å². The van der Waals surface area contributed by atoms with Gasteiger partial charge in [-0.15, -0.1) is 0 Å². The predicted molar refractivity (Wildman–Crippen MR) is 72.6 cm³/mol. The third kappa shape index (κ3) is 2.09. The number of nitrogens with zero attached hydrogens (tertiary/aromatic N) is 1. The summed E-state index contributed by atoms with van der Waals surface area (Å²) in [4.78, 5) is 12.1. The topological polar surface area (TPSA) is 22.0 Å². The first-order valence-corrected chi connectivity index (χ1v) is 6.18. The van der Waals surface area contributed by atoms with Gasteiger partial charge in [-0.3, -0.25) is 4.79 Å². The molecule has 2 aromatic carbocycles. The number of carbonyl (C=O) groups excluding carboxylic acids is 1. The number of hydrogen-bond donors (Lipinski definition) is 0. The van der Waals surface area contributed by atoms with Crippen LogP contribution in [0.25, 0.3) is 10.9 Å². The van der Waals surface area contributed by atoms with Crippen molar-refractivity contribution in [2.75, 3.05) is 0 Å². The molecule has 0 saturated carbocycles. The number of hydrogen-bond acceptors (Lipinski definition) is 1. The summed E-state index contributed by atoms with van der Waals surface area (Å²) >= 11 is 0. The monoisotopic (exact) mass is 271 g/mol. The maximum atomic E-state index is 13.6. The zero-order chi connectivity index (χ0) is 14.1. The van der Waals surface area contributed by atoms with Crippen molar-refractivity contribution in [1.82, 2.24) is 4.57 Å². The molecule has 0 amide bonds. The Balaban J connectivity index is 1.97. The van der Waals surface area contributed by atoms with Crippen molar-refractivity contribution >= 4 is 16.7 Å². The van der Waals surface area contributed by atoms with E-state index in [1.54, 1.807) is 10.8 Å². The summed E-state index contributed by atoms with van der Waals surface area (Å²) in [5.74, 6) is -2.24. The van der Waals surface area contributed by atoms with E-state index in [0.717, 1.165) is 23.0 Å². The minimum Gasteiger partial charge on any atom is -0.340 e. The van der Waals surface area contributed by atoms with Crippen LogP contribution in [-0.2, 0) is 6.54 Å². The third-order valence-electron chi connectivity index (χ3n) is 3.24. The number of rotatable bonds is 3. The fraction of sp³-hybridized carbons (Fsp3) is 0.0625. The van der Waals surface area contributed by atoms with Crippen LogP contribution in [-0.4, -0.2) is 10.4 Å². The minimum atomic E-state index is -0.827. The van der Waals surface area contributed by atoms with Crippen LogP contribution < -0.4 is 0 Å². The van der Waals surface area contributed by atoms with Gasteiger partial charge in [0.1, 0.15) is 11.6 Å². The molecule has 0 spiro atoms. The van der Waals surface area contributed by atoms with Crippen molar-refractivity contribution in [1.29, 1.82) is 0 Å². The molecule has 3 aromatic rings. The van der Waals surface area contributed by atoms with Gasteiger partial charge in [-0.25, -0.2) is 8.78 Å². The number of para-hydroxylation sites is 1. The Morgan fingerprint density at radius 1 is 0.950 bits per heavy atom. The molecule has 100 valence electrons. The molecule has 0 aliphatic heterocycles. The van der Waals surface area contributed by atoms with E-state index in [9.17, 15) is 13.6 Å². The summed E-state index contributed by atoms with van der Waals surface area (Å²) in [5, 5.41) is 0.981. The quantitative estimate of drug-likeness (QED) is 0.664. The largest absolute Gasteiger partial charge is 0.340 e. The van der Waals surface area contributed by atoms with E-state index in [4.69, 9.17) is 0 Å². The number of benzene rings is 2. The van der Waals surface area contributed by atoms with Crippen LogP contribution in [0, 0.1) is 11.6 Å². The lowest BCUT2D eigenvalue weighted by Gasteiger charge is -2.06. The van der Waals surface area contributed by atoms with Crippen molar-refractivity contribution in [2.45, 2.75) is 6.54 Å². The number of fused-ring (bicyclic) bond motifs is 1. The number of carbonyl (C=O) groups is 1. The SMILES string of the molecule is O=C(Cn1ccc2ccccc21)c1c(F)cccc1F. The molecule has 0 aliphatic rings. The van der Waals surface area contributed by atoms with Crippen molar-refractivity contribution in [3.05, 3.63) is 71.9 Å². The van der Waals surface area contributed by atoms with E-state index in [-0.39, 0.29) is 6.54 Å². The highest BCUT2D eigenvalue weighted by Crippen LogP contribution is 2.18. The van der Waals surface area contributed by atoms with Crippen LogP contribution in [0.15, 0.2) is 54.7 Å². The standard InChI is InChI=1S/C16H11F2NO/c17-12-5-3-6-13(18)16(12)15(20)10-19-9-8-11-4-1-2-7-14(11)19/h1-9H,10H2. The van der Waals surface area contributed by atoms with Crippen molar-refractivity contribution in [3.8, 4) is 0 Å². The number of Topliss-reactive ketones (excluding diaryl/α,β-unsaturated/α-hetero) is 1. The van der Waals surface area contributed by atoms with Gasteiger partial charge in [0, 0.05) is 11.7 Å². The molecular formula is C16H11F2NO. The molecular weight excluding hydrogens is 260 g/mol. The van der Waals surface area contributed by atoms with E-state index in [2.05, 4.69) is 0 Å². The molecule has 1 heterocycles. The van der Waals surface area contributed by atoms with Crippen LogP contribution in [0.2, 0.25) is 0 Å². The van der Waals surface area contributed by atoms with Gasteiger partial charge in [-0.1, -0.05) is 24.3 Å². The summed E-state index contributed by atoms with van der Waals surface area (Å²) in [6, 6.07) is 12.8. The average molecular weight is 271 g/mol. The zero-order valence-corrected chi connectivity index (χ0v) is 10.5. The van der Waals surface area contributed by atoms with Crippen LogP contribution in [0.5, 0.6) is 0 Å². The molecule has 3 rings (SSSR count). The van der Waals surface area contributed by atoms with Crippen LogP contribution >= 0.6 is 0 Å². The Morgan fingerprint density at radius 3 is 2.40 bits per heavy atom.